The van der Waals surface area contributed by atoms with Crippen molar-refractivity contribution in [3.05, 3.63) is 53.1 Å². The van der Waals surface area contributed by atoms with E-state index in [-0.39, 0.29) is 0 Å². The fraction of sp³-hybridized carbons (Fsp3) is 0.444. The fourth-order valence-corrected chi connectivity index (χ4v) is 2.87. The van der Waals surface area contributed by atoms with Crippen molar-refractivity contribution in [2.24, 2.45) is 0 Å². The van der Waals surface area contributed by atoms with Crippen molar-refractivity contribution in [2.45, 2.75) is 45.7 Å². The summed E-state index contributed by atoms with van der Waals surface area (Å²) in [6.45, 7) is 6.14. The Morgan fingerprint density at radius 1 is 1.36 bits per heavy atom. The van der Waals surface area contributed by atoms with Gasteiger partial charge in [0.2, 0.25) is 0 Å². The van der Waals surface area contributed by atoms with Crippen molar-refractivity contribution in [3.63, 3.8) is 0 Å². The second kappa shape index (κ2) is 6.88. The topological polar surface area (TPSA) is 42.7 Å². The molecule has 1 aliphatic rings. The number of nitrogens with zero attached hydrogens (tertiary/aromatic N) is 3. The smallest absolute Gasteiger partial charge is 0.150 e. The van der Waals surface area contributed by atoms with Crippen molar-refractivity contribution < 1.29 is 0 Å². The molecule has 0 spiro atoms. The second-order valence-corrected chi connectivity index (χ2v) is 6.00. The van der Waals surface area contributed by atoms with E-state index in [1.807, 2.05) is 6.07 Å². The molecule has 116 valence electrons. The Morgan fingerprint density at radius 2 is 2.18 bits per heavy atom. The first-order valence-electron chi connectivity index (χ1n) is 8.13. The summed E-state index contributed by atoms with van der Waals surface area (Å²) in [6, 6.07) is 11.0. The molecule has 0 amide bonds. The Hall–Kier alpha value is -1.94. The van der Waals surface area contributed by atoms with Crippen LogP contribution in [0.4, 0.5) is 0 Å². The van der Waals surface area contributed by atoms with E-state index in [0.29, 0.717) is 6.04 Å². The van der Waals surface area contributed by atoms with Gasteiger partial charge in [-0.2, -0.15) is 5.10 Å². The Kier molecular flexibility index (Phi) is 4.68. The highest BCUT2D eigenvalue weighted by Crippen LogP contribution is 2.14. The van der Waals surface area contributed by atoms with E-state index in [0.717, 1.165) is 44.0 Å². The maximum atomic E-state index is 4.57. The van der Waals surface area contributed by atoms with Gasteiger partial charge in [0.1, 0.15) is 5.82 Å². The molecule has 0 saturated heterocycles. The number of fused-ring (bicyclic) bond motifs is 1. The van der Waals surface area contributed by atoms with Crippen LogP contribution in [-0.2, 0) is 19.4 Å². The van der Waals surface area contributed by atoms with E-state index < -0.39 is 0 Å². The number of aryl methyl sites for hydroxylation is 2. The Morgan fingerprint density at radius 3 is 2.95 bits per heavy atom. The summed E-state index contributed by atoms with van der Waals surface area (Å²) in [5, 5.41) is 8.22. The Bertz CT molecular complexity index is 642. The normalized spacial score (nSPS) is 18.3. The number of hydrogen-bond donors (Lipinski definition) is 1. The Labute approximate surface area is 132 Å². The zero-order valence-electron chi connectivity index (χ0n) is 13.4. The average molecular weight is 296 g/mol. The van der Waals surface area contributed by atoms with Crippen molar-refractivity contribution in [1.82, 2.24) is 20.1 Å². The monoisotopic (exact) mass is 296 g/mol. The van der Waals surface area contributed by atoms with E-state index in [9.17, 15) is 0 Å². The molecule has 0 aliphatic carbocycles. The number of aromatic nitrogens is 3. The molecule has 0 fully saturated rings. The molecule has 1 aliphatic heterocycles. The fourth-order valence-electron chi connectivity index (χ4n) is 2.87. The van der Waals surface area contributed by atoms with Crippen LogP contribution in [0.1, 0.15) is 37.5 Å². The minimum atomic E-state index is 0.484. The predicted octanol–water partition coefficient (Wildman–Crippen LogP) is 2.85. The molecule has 1 atom stereocenters. The van der Waals surface area contributed by atoms with Gasteiger partial charge >= 0.3 is 0 Å². The molecular formula is C18H24N4. The molecule has 3 rings (SSSR count). The van der Waals surface area contributed by atoms with Gasteiger partial charge in [-0.05, 0) is 18.9 Å². The predicted molar refractivity (Wildman–Crippen MR) is 89.6 cm³/mol. The third-order valence-corrected chi connectivity index (χ3v) is 4.10. The molecule has 22 heavy (non-hydrogen) atoms. The summed E-state index contributed by atoms with van der Waals surface area (Å²) in [5.41, 5.74) is 2.61. The first-order valence-corrected chi connectivity index (χ1v) is 8.13. The lowest BCUT2D eigenvalue weighted by Gasteiger charge is -2.23. The second-order valence-electron chi connectivity index (χ2n) is 6.00. The molecule has 0 radical (unpaired) electrons. The van der Waals surface area contributed by atoms with Gasteiger partial charge < -0.3 is 5.32 Å². The molecule has 0 unspecified atom stereocenters. The van der Waals surface area contributed by atoms with Crippen LogP contribution in [0.3, 0.4) is 0 Å². The largest absolute Gasteiger partial charge is 0.308 e. The van der Waals surface area contributed by atoms with E-state index in [2.05, 4.69) is 64.3 Å². The molecule has 1 N–H and O–H groups in total. The maximum absolute atomic E-state index is 4.57. The van der Waals surface area contributed by atoms with Gasteiger partial charge in [0.15, 0.2) is 5.82 Å². The van der Waals surface area contributed by atoms with Gasteiger partial charge in [-0.1, -0.05) is 48.9 Å². The standard InChI is InChI=1S/C18H24N4/c1-3-17-20-18-10-9-16(13-22(18)21-17)19-12-14(2)11-15-7-5-4-6-8-15/h4-8,11,16,19H,3,9-10,12-13H2,1-2H3/b14-11-/t16-/m0/s1. The maximum Gasteiger partial charge on any atom is 0.150 e. The quantitative estimate of drug-likeness (QED) is 0.922. The summed E-state index contributed by atoms with van der Waals surface area (Å²) in [6.07, 6.45) is 5.31. The van der Waals surface area contributed by atoms with Crippen LogP contribution < -0.4 is 5.32 Å². The summed E-state index contributed by atoms with van der Waals surface area (Å²) >= 11 is 0. The highest BCUT2D eigenvalue weighted by molar-refractivity contribution is 5.52. The van der Waals surface area contributed by atoms with Gasteiger partial charge in [-0.15, -0.1) is 0 Å². The van der Waals surface area contributed by atoms with Crippen molar-refractivity contribution in [3.8, 4) is 0 Å². The minimum absolute atomic E-state index is 0.484. The molecule has 0 saturated carbocycles. The van der Waals surface area contributed by atoms with Gasteiger partial charge in [0.25, 0.3) is 0 Å². The van der Waals surface area contributed by atoms with E-state index >= 15 is 0 Å². The SMILES string of the molecule is CCc1nc2n(n1)C[C@@H](NC/C(C)=C\c1ccccc1)CC2. The van der Waals surface area contributed by atoms with Gasteiger partial charge in [-0.3, -0.25) is 0 Å². The number of benzene rings is 1. The zero-order chi connectivity index (χ0) is 15.4. The molecule has 1 aromatic heterocycles. The molecule has 4 heteroatoms. The van der Waals surface area contributed by atoms with Crippen LogP contribution in [0.5, 0.6) is 0 Å². The van der Waals surface area contributed by atoms with Crippen LogP contribution >= 0.6 is 0 Å². The van der Waals surface area contributed by atoms with Crippen LogP contribution in [0.25, 0.3) is 6.08 Å². The van der Waals surface area contributed by atoms with Crippen LogP contribution in [0.15, 0.2) is 35.9 Å². The molecule has 1 aromatic carbocycles. The summed E-state index contributed by atoms with van der Waals surface area (Å²) in [7, 11) is 0. The van der Waals surface area contributed by atoms with E-state index in [1.54, 1.807) is 0 Å². The zero-order valence-corrected chi connectivity index (χ0v) is 13.4. The van der Waals surface area contributed by atoms with Crippen LogP contribution in [0, 0.1) is 0 Å². The van der Waals surface area contributed by atoms with Crippen LogP contribution in [0.2, 0.25) is 0 Å². The first-order chi connectivity index (χ1) is 10.7. The van der Waals surface area contributed by atoms with Gasteiger partial charge in [-0.25, -0.2) is 9.67 Å². The third kappa shape index (κ3) is 3.63. The van der Waals surface area contributed by atoms with Crippen molar-refractivity contribution in [2.75, 3.05) is 6.54 Å². The van der Waals surface area contributed by atoms with Gasteiger partial charge in [0.05, 0.1) is 6.54 Å². The van der Waals surface area contributed by atoms with Crippen molar-refractivity contribution in [1.29, 1.82) is 0 Å². The summed E-state index contributed by atoms with van der Waals surface area (Å²) in [5.74, 6) is 2.11. The average Bonchev–Trinajstić information content (AvgIpc) is 2.96. The van der Waals surface area contributed by atoms with Gasteiger partial charge in [0, 0.05) is 25.4 Å². The number of nitrogens with one attached hydrogen (secondary N) is 1. The lowest BCUT2D eigenvalue weighted by molar-refractivity contribution is 0.367. The molecule has 2 aromatic rings. The highest BCUT2D eigenvalue weighted by Gasteiger charge is 2.20. The molecular weight excluding hydrogens is 272 g/mol. The molecule has 0 bridgehead atoms. The van der Waals surface area contributed by atoms with Crippen molar-refractivity contribution >= 4 is 6.08 Å². The van der Waals surface area contributed by atoms with E-state index in [4.69, 9.17) is 0 Å². The lowest BCUT2D eigenvalue weighted by atomic mass is 10.1. The molecule has 2 heterocycles. The van der Waals surface area contributed by atoms with E-state index in [1.165, 1.54) is 11.1 Å². The number of rotatable bonds is 5. The lowest BCUT2D eigenvalue weighted by Crippen LogP contribution is -2.38. The number of hydrogen-bond acceptors (Lipinski definition) is 3. The highest BCUT2D eigenvalue weighted by atomic mass is 15.4. The van der Waals surface area contributed by atoms with Crippen LogP contribution in [-0.4, -0.2) is 27.4 Å². The third-order valence-electron chi connectivity index (χ3n) is 4.10. The molecule has 4 nitrogen and oxygen atoms in total. The first kappa shape index (κ1) is 15.0. The minimum Gasteiger partial charge on any atom is -0.308 e. The summed E-state index contributed by atoms with van der Waals surface area (Å²) < 4.78 is 2.08. The summed E-state index contributed by atoms with van der Waals surface area (Å²) in [4.78, 5) is 4.57. The Balaban J connectivity index is 1.55.